The predicted octanol–water partition coefficient (Wildman–Crippen LogP) is 3.41. The van der Waals surface area contributed by atoms with Gasteiger partial charge in [-0.1, -0.05) is 38.1 Å². The van der Waals surface area contributed by atoms with Crippen molar-refractivity contribution in [1.29, 1.82) is 0 Å². The van der Waals surface area contributed by atoms with E-state index in [0.717, 1.165) is 25.4 Å². The maximum atomic E-state index is 5.37. The van der Waals surface area contributed by atoms with Crippen LogP contribution in [0.3, 0.4) is 0 Å². The van der Waals surface area contributed by atoms with E-state index >= 15 is 0 Å². The van der Waals surface area contributed by atoms with Crippen LogP contribution in [-0.2, 0) is 19.6 Å². The SMILES string of the molecule is CC(C)NCc1ccc(CN(C)Cc2ccco2)cc1. The zero-order valence-corrected chi connectivity index (χ0v) is 12.6. The summed E-state index contributed by atoms with van der Waals surface area (Å²) in [5.74, 6) is 1.00. The van der Waals surface area contributed by atoms with Crippen LogP contribution in [-0.4, -0.2) is 18.0 Å². The molecule has 0 aliphatic heterocycles. The van der Waals surface area contributed by atoms with Gasteiger partial charge in [0.1, 0.15) is 5.76 Å². The molecule has 0 aliphatic carbocycles. The summed E-state index contributed by atoms with van der Waals surface area (Å²) in [6, 6.07) is 13.3. The maximum absolute atomic E-state index is 5.37. The number of hydrogen-bond acceptors (Lipinski definition) is 3. The number of rotatable bonds is 7. The maximum Gasteiger partial charge on any atom is 0.117 e. The average molecular weight is 272 g/mol. The summed E-state index contributed by atoms with van der Waals surface area (Å²) >= 11 is 0. The van der Waals surface area contributed by atoms with Gasteiger partial charge in [-0.25, -0.2) is 0 Å². The highest BCUT2D eigenvalue weighted by molar-refractivity contribution is 5.22. The lowest BCUT2D eigenvalue weighted by Gasteiger charge is -2.15. The van der Waals surface area contributed by atoms with E-state index in [-0.39, 0.29) is 0 Å². The molecular formula is C17H24N2O. The Bertz CT molecular complexity index is 488. The van der Waals surface area contributed by atoms with Crippen molar-refractivity contribution in [3.63, 3.8) is 0 Å². The molecule has 20 heavy (non-hydrogen) atoms. The van der Waals surface area contributed by atoms with E-state index in [1.165, 1.54) is 11.1 Å². The third kappa shape index (κ3) is 4.83. The van der Waals surface area contributed by atoms with E-state index in [2.05, 4.69) is 55.4 Å². The fourth-order valence-electron chi connectivity index (χ4n) is 2.12. The van der Waals surface area contributed by atoms with Gasteiger partial charge in [0.15, 0.2) is 0 Å². The fraction of sp³-hybridized carbons (Fsp3) is 0.412. The van der Waals surface area contributed by atoms with E-state index in [9.17, 15) is 0 Å². The minimum absolute atomic E-state index is 0.522. The molecule has 108 valence electrons. The molecule has 0 unspecified atom stereocenters. The minimum Gasteiger partial charge on any atom is -0.468 e. The molecule has 1 heterocycles. The lowest BCUT2D eigenvalue weighted by Crippen LogP contribution is -2.21. The molecule has 0 amide bonds. The first-order chi connectivity index (χ1) is 9.63. The molecule has 2 rings (SSSR count). The lowest BCUT2D eigenvalue weighted by molar-refractivity contribution is 0.288. The summed E-state index contributed by atoms with van der Waals surface area (Å²) in [4.78, 5) is 2.25. The normalized spacial score (nSPS) is 11.4. The van der Waals surface area contributed by atoms with Crippen molar-refractivity contribution < 1.29 is 4.42 Å². The highest BCUT2D eigenvalue weighted by atomic mass is 16.3. The number of nitrogens with one attached hydrogen (secondary N) is 1. The van der Waals surface area contributed by atoms with Gasteiger partial charge < -0.3 is 9.73 Å². The Morgan fingerprint density at radius 2 is 1.75 bits per heavy atom. The van der Waals surface area contributed by atoms with Gasteiger partial charge in [-0.2, -0.15) is 0 Å². The van der Waals surface area contributed by atoms with Crippen molar-refractivity contribution in [2.45, 2.75) is 39.5 Å². The van der Waals surface area contributed by atoms with Crippen molar-refractivity contribution >= 4 is 0 Å². The molecule has 3 heteroatoms. The van der Waals surface area contributed by atoms with Gasteiger partial charge in [0.05, 0.1) is 12.8 Å². The van der Waals surface area contributed by atoms with Crippen molar-refractivity contribution in [2.75, 3.05) is 7.05 Å². The summed E-state index contributed by atoms with van der Waals surface area (Å²) in [6.07, 6.45) is 1.72. The Morgan fingerprint density at radius 3 is 2.35 bits per heavy atom. The van der Waals surface area contributed by atoms with Crippen LogP contribution >= 0.6 is 0 Å². The van der Waals surface area contributed by atoms with E-state index in [1.54, 1.807) is 6.26 Å². The zero-order chi connectivity index (χ0) is 14.4. The standard InChI is InChI=1S/C17H24N2O/c1-14(2)18-11-15-6-8-16(9-7-15)12-19(3)13-17-5-4-10-20-17/h4-10,14,18H,11-13H2,1-3H3. The summed E-state index contributed by atoms with van der Waals surface area (Å²) in [5, 5.41) is 3.43. The van der Waals surface area contributed by atoms with Crippen LogP contribution in [0.2, 0.25) is 0 Å². The number of furan rings is 1. The molecule has 0 aliphatic rings. The summed E-state index contributed by atoms with van der Waals surface area (Å²) < 4.78 is 5.37. The van der Waals surface area contributed by atoms with Gasteiger partial charge >= 0.3 is 0 Å². The molecule has 0 radical (unpaired) electrons. The second kappa shape index (κ2) is 7.27. The van der Waals surface area contributed by atoms with Crippen molar-refractivity contribution in [3.05, 3.63) is 59.5 Å². The first kappa shape index (κ1) is 14.8. The summed E-state index contributed by atoms with van der Waals surface area (Å²) in [7, 11) is 2.11. The monoisotopic (exact) mass is 272 g/mol. The molecule has 3 nitrogen and oxygen atoms in total. The van der Waals surface area contributed by atoms with Gasteiger partial charge in [-0.05, 0) is 30.3 Å². The second-order valence-corrected chi connectivity index (χ2v) is 5.60. The Morgan fingerprint density at radius 1 is 1.05 bits per heavy atom. The van der Waals surface area contributed by atoms with Crippen LogP contribution in [0.25, 0.3) is 0 Å². The van der Waals surface area contributed by atoms with E-state index in [4.69, 9.17) is 4.42 Å². The van der Waals surface area contributed by atoms with E-state index in [1.807, 2.05) is 12.1 Å². The number of benzene rings is 1. The zero-order valence-electron chi connectivity index (χ0n) is 12.6. The molecule has 0 fully saturated rings. The van der Waals surface area contributed by atoms with Crippen molar-refractivity contribution in [2.24, 2.45) is 0 Å². The Labute approximate surface area is 121 Å². The summed E-state index contributed by atoms with van der Waals surface area (Å²) in [5.41, 5.74) is 2.66. The molecule has 1 aromatic carbocycles. The smallest absolute Gasteiger partial charge is 0.117 e. The van der Waals surface area contributed by atoms with Crippen LogP contribution < -0.4 is 5.32 Å². The van der Waals surface area contributed by atoms with E-state index in [0.29, 0.717) is 6.04 Å². The Balaban J connectivity index is 1.83. The lowest BCUT2D eigenvalue weighted by atomic mass is 10.1. The quantitative estimate of drug-likeness (QED) is 0.837. The molecule has 0 spiro atoms. The predicted molar refractivity (Wildman–Crippen MR) is 82.3 cm³/mol. The van der Waals surface area contributed by atoms with Gasteiger partial charge in [0, 0.05) is 19.1 Å². The van der Waals surface area contributed by atoms with Crippen LogP contribution in [0.15, 0.2) is 47.1 Å². The first-order valence-electron chi connectivity index (χ1n) is 7.15. The fourth-order valence-corrected chi connectivity index (χ4v) is 2.12. The van der Waals surface area contributed by atoms with Crippen LogP contribution in [0, 0.1) is 0 Å². The highest BCUT2D eigenvalue weighted by Gasteiger charge is 2.04. The van der Waals surface area contributed by atoms with E-state index < -0.39 is 0 Å². The average Bonchev–Trinajstić information content (AvgIpc) is 2.90. The van der Waals surface area contributed by atoms with Gasteiger partial charge in [-0.15, -0.1) is 0 Å². The van der Waals surface area contributed by atoms with Gasteiger partial charge in [-0.3, -0.25) is 4.90 Å². The Kier molecular flexibility index (Phi) is 5.39. The van der Waals surface area contributed by atoms with Crippen LogP contribution in [0.4, 0.5) is 0 Å². The van der Waals surface area contributed by atoms with Gasteiger partial charge in [0.25, 0.3) is 0 Å². The largest absolute Gasteiger partial charge is 0.468 e. The third-order valence-corrected chi connectivity index (χ3v) is 3.20. The van der Waals surface area contributed by atoms with Crippen molar-refractivity contribution in [1.82, 2.24) is 10.2 Å². The molecular weight excluding hydrogens is 248 g/mol. The van der Waals surface area contributed by atoms with Crippen molar-refractivity contribution in [3.8, 4) is 0 Å². The topological polar surface area (TPSA) is 28.4 Å². The molecule has 1 N–H and O–H groups in total. The first-order valence-corrected chi connectivity index (χ1v) is 7.15. The second-order valence-electron chi connectivity index (χ2n) is 5.60. The number of nitrogens with zero attached hydrogens (tertiary/aromatic N) is 1. The van der Waals surface area contributed by atoms with Gasteiger partial charge in [0.2, 0.25) is 0 Å². The highest BCUT2D eigenvalue weighted by Crippen LogP contribution is 2.10. The third-order valence-electron chi connectivity index (χ3n) is 3.20. The molecule has 1 aromatic heterocycles. The minimum atomic E-state index is 0.522. The summed E-state index contributed by atoms with van der Waals surface area (Å²) in [6.45, 7) is 7.03. The van der Waals surface area contributed by atoms with Crippen LogP contribution in [0.1, 0.15) is 30.7 Å². The molecule has 2 aromatic rings. The molecule has 0 saturated carbocycles. The molecule has 0 bridgehead atoms. The molecule has 0 saturated heterocycles. The molecule has 0 atom stereocenters. The Hall–Kier alpha value is -1.58. The number of hydrogen-bond donors (Lipinski definition) is 1. The van der Waals surface area contributed by atoms with Crippen LogP contribution in [0.5, 0.6) is 0 Å².